The van der Waals surface area contributed by atoms with E-state index in [1.54, 1.807) is 13.8 Å². The molecule has 61 nitrogen and oxygen atoms in total. The van der Waals surface area contributed by atoms with E-state index in [0.29, 0.717) is 12.0 Å². The summed E-state index contributed by atoms with van der Waals surface area (Å²) < 4.78 is 237. The van der Waals surface area contributed by atoms with Gasteiger partial charge in [0.25, 0.3) is 27.8 Å². The second-order valence-corrected chi connectivity index (χ2v) is 54.5. The largest absolute Gasteiger partial charge is 0.386 e. The summed E-state index contributed by atoms with van der Waals surface area (Å²) >= 11 is 30.0. The van der Waals surface area contributed by atoms with Crippen molar-refractivity contribution in [2.45, 2.75) is 215 Å². The molecule has 0 radical (unpaired) electrons. The SMILES string of the molecule is CC[C@H]1O[C@@H](n2cc(C)c(=O)[nH]c2=O)CC1OP(=O)(S)OC[C@H]1O[C@@H](n2cnc3c(N)ncnc32)CC1OP(=O)(S)OC[C@H]1O[C@@H](n2cnc3c(=O)[nH]c(N)nc32)CC1OP(=O)(S)OC[C@H]1O[C@@H](n2cc(C)c(=O)[nH]c2=O)CC1OP(=O)(S)OC[C@H]1O[C@@H](n2cc(C)c(=O)[nH]c2=O)CC1OP(=O)(S)OC[C@H]1O[C@@H](n2cnc3c(=O)[nH]c(N)nc32)CC1OP(=O)(S)OC[C@H]1O[C@@H](n2cc(C)c(N)nc2=O)CC1OP(=O)(S)OC. The first-order valence-electron chi connectivity index (χ1n) is 44.0. The molecule has 14 unspecified atom stereocenters. The molecule has 7 saturated heterocycles. The number of thiol groups is 7. The smallest absolute Gasteiger partial charge is 0.383 e. The summed E-state index contributed by atoms with van der Waals surface area (Å²) in [5, 5.41) is 0. The first-order valence-corrected chi connectivity index (χ1v) is 62.9. The lowest BCUT2D eigenvalue weighted by Crippen LogP contribution is -2.33. The molecular weight excluding hydrogens is 2230 g/mol. The van der Waals surface area contributed by atoms with Crippen LogP contribution in [0.3, 0.4) is 0 Å². The van der Waals surface area contributed by atoms with E-state index in [9.17, 15) is 66.0 Å². The number of nitrogens with one attached hydrogen (secondary N) is 5. The Morgan fingerprint density at radius 3 is 0.898 bits per heavy atom. The van der Waals surface area contributed by atoms with E-state index in [2.05, 4.69) is 151 Å². The fraction of sp³-hybridized carbons (Fsp3) is 0.569. The molecule has 7 fully saturated rings. The summed E-state index contributed by atoms with van der Waals surface area (Å²) in [6.45, 7) is -30.3. The lowest BCUT2D eigenvalue weighted by atomic mass is 10.1. The van der Waals surface area contributed by atoms with Gasteiger partial charge in [-0.3, -0.25) is 140 Å². The minimum absolute atomic E-state index is 0.00409. The Labute approximate surface area is 860 Å². The maximum atomic E-state index is 15.1. The van der Waals surface area contributed by atoms with Gasteiger partial charge in [0.2, 0.25) is 11.9 Å². The number of rotatable bonds is 41. The molecule has 75 heteroatoms. The van der Waals surface area contributed by atoms with Gasteiger partial charge in [-0.1, -0.05) is 92.7 Å². The zero-order valence-corrected chi connectivity index (χ0v) is 89.5. The third-order valence-corrected chi connectivity index (χ3v) is 35.9. The van der Waals surface area contributed by atoms with Crippen LogP contribution in [0, 0.1) is 27.7 Å². The number of nitrogens with two attached hydrogens (primary N) is 4. The molecule has 17 heterocycles. The number of nitrogen functional groups attached to an aromatic ring is 4. The second kappa shape index (κ2) is 44.2. The molecule has 0 bridgehead atoms. The van der Waals surface area contributed by atoms with Crippen LogP contribution in [0.1, 0.15) is 124 Å². The standard InChI is InChI=1S/C72H95N24O37P7S7/c1-7-33-34(8-47(120-33)91-16-30(3)62(97)87-70(91)103)128-135(107,142)114-22-44-38(12-51(124-44)94-26-79-54-58(74)77-25-78-59(54)94)131-140(112,147)119-24-46-40(14-53(126-46)96-28-81-56-61(96)84-68(76)86-66(56)101)133-139(111,146)117-21-43-36(10-49(123-43)92-17-31(4)63(98)88-71(92)104)129-136(108,143)116-20-42-37(11-50(122-42)93-18-32(5)64(99)89-72(93)105)130-137(109,144)118-23-45-39(13-52(125-45)95-27-80-55-60(95)83-67(75)85-65(55)100)132-138(110,145)115-19-41-35(127-134(106,141)113-6)9-48(121-41)90-15-29(2)57(73)82-69(90)102/h15-18,25-28,33-53H,7-14,19-24H2,1-6H3,(H,106,141)(H,107,142)(H,108,143)(H,109,144)(H,110,145)(H,111,146)(H,112,147)(H2,73,82,102)(H2,74,77,78)(H,87,97,103)(H,88,98,104)(H,89,99,105)(H3,75,83,85,100)(H3,76,84,86,101)/t33-,34?,35?,36?,37?,38?,39?,40?,41-,42-,43-,44-,45-,46-,47-,48-,49-,50-,51-,52-,53-,134?,135?,136?,137?,138?,139?,140?/m1/s1. The molecule has 7 aliphatic rings. The van der Waals surface area contributed by atoms with E-state index in [4.69, 9.17) is 119 Å². The quantitative estimate of drug-likeness (QED) is 0.0161. The Kier molecular flexibility index (Phi) is 33.3. The third-order valence-electron chi connectivity index (χ3n) is 24.3. The summed E-state index contributed by atoms with van der Waals surface area (Å²) in [7, 11) is 1.06. The van der Waals surface area contributed by atoms with Crippen molar-refractivity contribution in [1.82, 2.24) is 96.8 Å². The fourth-order valence-electron chi connectivity index (χ4n) is 17.1. The van der Waals surface area contributed by atoms with Crippen LogP contribution in [0.25, 0.3) is 33.5 Å². The normalized spacial score (nSPS) is 29.4. The van der Waals surface area contributed by atoms with Crippen molar-refractivity contribution in [2.24, 2.45) is 0 Å². The van der Waals surface area contributed by atoms with Crippen molar-refractivity contribution in [3.8, 4) is 0 Å². The van der Waals surface area contributed by atoms with E-state index in [0.717, 1.165) is 33.2 Å². The summed E-state index contributed by atoms with van der Waals surface area (Å²) in [5.41, 5.74) is 17.0. The Morgan fingerprint density at radius 2 is 0.592 bits per heavy atom. The van der Waals surface area contributed by atoms with Gasteiger partial charge in [0, 0.05) is 99.1 Å². The Bertz CT molecular complexity index is 7670. The monoisotopic (exact) mass is 2330 g/mol. The molecule has 10 aromatic heterocycles. The molecule has 0 spiro atoms. The molecule has 0 aromatic carbocycles. The summed E-state index contributed by atoms with van der Waals surface area (Å²) in [4.78, 5) is 162. The van der Waals surface area contributed by atoms with Crippen molar-refractivity contribution < 1.29 is 128 Å². The molecule has 7 aliphatic heterocycles. The molecule has 147 heavy (non-hydrogen) atoms. The summed E-state index contributed by atoms with van der Waals surface area (Å²) in [6.07, 6.45) is -20.2. The fourth-order valence-corrected chi connectivity index (χ4v) is 27.3. The Hall–Kier alpha value is -7.41. The van der Waals surface area contributed by atoms with Crippen LogP contribution in [0.15, 0.2) is 93.2 Å². The highest BCUT2D eigenvalue weighted by atomic mass is 32.7. The van der Waals surface area contributed by atoms with Crippen LogP contribution in [-0.4, -0.2) is 229 Å². The zero-order valence-electron chi connectivity index (χ0n) is 77.0. The lowest BCUT2D eigenvalue weighted by molar-refractivity contribution is -0.0534. The van der Waals surface area contributed by atoms with Crippen molar-refractivity contribution in [2.75, 3.05) is 69.7 Å². The number of fused-ring (bicyclic) bond motifs is 3. The first-order chi connectivity index (χ1) is 69.2. The Morgan fingerprint density at radius 1 is 0.327 bits per heavy atom. The number of hydrogen-bond donors (Lipinski definition) is 16. The van der Waals surface area contributed by atoms with E-state index in [1.165, 1.54) is 76.7 Å². The summed E-state index contributed by atoms with van der Waals surface area (Å²) in [6, 6.07) is 0. The average Bonchev–Trinajstić information content (AvgIpc) is 1.63. The predicted molar refractivity (Wildman–Crippen MR) is 534 cm³/mol. The van der Waals surface area contributed by atoms with Gasteiger partial charge in [-0.15, -0.1) is 0 Å². The number of nitrogens with zero attached hydrogens (tertiary/aromatic N) is 15. The number of anilines is 4. The third kappa shape index (κ3) is 25.6. The van der Waals surface area contributed by atoms with Gasteiger partial charge in [-0.25, -0.2) is 76.1 Å². The molecule has 0 aliphatic carbocycles. The van der Waals surface area contributed by atoms with Gasteiger partial charge >= 0.3 is 70.3 Å². The number of aromatic amines is 5. The van der Waals surface area contributed by atoms with Crippen LogP contribution < -0.4 is 73.5 Å². The maximum absolute atomic E-state index is 15.1. The molecule has 17 rings (SSSR count). The molecule has 802 valence electrons. The number of imidazole rings is 3. The van der Waals surface area contributed by atoms with Gasteiger partial charge in [0.1, 0.15) is 135 Å². The molecule has 13 N–H and O–H groups in total. The Balaban J connectivity index is 0.587. The van der Waals surface area contributed by atoms with E-state index in [1.807, 2.05) is 0 Å². The minimum Gasteiger partial charge on any atom is -0.383 e. The second-order valence-electron chi connectivity index (χ2n) is 34.3. The number of ether oxygens (including phenoxy) is 7. The first kappa shape index (κ1) is 111. The van der Waals surface area contributed by atoms with Gasteiger partial charge in [0.15, 0.2) is 33.8 Å². The highest BCUT2D eigenvalue weighted by molar-refractivity contribution is 8.46. The molecule has 28 atom stereocenters. The minimum atomic E-state index is -4.97. The topological polar surface area (TPSA) is 788 Å². The van der Waals surface area contributed by atoms with Crippen molar-refractivity contribution in [3.05, 3.63) is 166 Å². The van der Waals surface area contributed by atoms with Crippen molar-refractivity contribution >= 4 is 190 Å². The van der Waals surface area contributed by atoms with E-state index in [-0.39, 0.29) is 106 Å². The van der Waals surface area contributed by atoms with E-state index >= 15 is 9.13 Å². The number of H-pyrrole nitrogens is 5. The van der Waals surface area contributed by atoms with Gasteiger partial charge in [-0.05, 0) is 34.1 Å². The van der Waals surface area contributed by atoms with Crippen LogP contribution in [-0.2, 0) is 128 Å². The number of hydrogen-bond acceptors (Lipinski definition) is 49. The summed E-state index contributed by atoms with van der Waals surface area (Å²) in [5.74, 6) is -0.725. The van der Waals surface area contributed by atoms with Crippen LogP contribution in [0.5, 0.6) is 0 Å². The van der Waals surface area contributed by atoms with Gasteiger partial charge in [0.05, 0.1) is 70.8 Å². The number of aromatic nitrogens is 20. The molecular formula is C72H95N24O37P7S7. The highest BCUT2D eigenvalue weighted by Crippen LogP contribution is 2.65. The zero-order chi connectivity index (χ0) is 106. The van der Waals surface area contributed by atoms with Crippen LogP contribution in [0.4, 0.5) is 23.5 Å². The average molecular weight is 2330 g/mol. The van der Waals surface area contributed by atoms with Crippen LogP contribution >= 0.6 is 133 Å². The van der Waals surface area contributed by atoms with Gasteiger partial charge < -0.3 is 60.6 Å². The molecule has 10 aromatic rings. The molecule has 0 amide bonds. The van der Waals surface area contributed by atoms with Gasteiger partial charge in [-0.2, -0.15) is 15.0 Å². The van der Waals surface area contributed by atoms with Crippen molar-refractivity contribution in [3.63, 3.8) is 0 Å². The highest BCUT2D eigenvalue weighted by Gasteiger charge is 2.53. The van der Waals surface area contributed by atoms with Crippen molar-refractivity contribution in [1.29, 1.82) is 0 Å². The van der Waals surface area contributed by atoms with Crippen LogP contribution in [0.2, 0.25) is 0 Å². The maximum Gasteiger partial charge on any atom is 0.386 e. The number of aryl methyl sites for hydroxylation is 4. The predicted octanol–water partition coefficient (Wildman–Crippen LogP) is 5.69. The molecule has 0 saturated carbocycles. The van der Waals surface area contributed by atoms with E-state index < -0.39 is 280 Å². The lowest BCUT2D eigenvalue weighted by Gasteiger charge is -2.27.